The van der Waals surface area contributed by atoms with Gasteiger partial charge in [-0.1, -0.05) is 46.3 Å². The van der Waals surface area contributed by atoms with Crippen molar-refractivity contribution in [2.24, 2.45) is 5.73 Å². The number of allylic oxidation sites excluding steroid dienone is 2. The Morgan fingerprint density at radius 2 is 1.89 bits per heavy atom. The van der Waals surface area contributed by atoms with E-state index in [0.29, 0.717) is 21.3 Å². The summed E-state index contributed by atoms with van der Waals surface area (Å²) in [5, 5.41) is 9.75. The number of nitrogens with two attached hydrogens (primary N) is 1. The molecule has 2 aliphatic rings. The Kier molecular flexibility index (Phi) is 4.44. The van der Waals surface area contributed by atoms with Gasteiger partial charge in [-0.15, -0.1) is 0 Å². The van der Waals surface area contributed by atoms with Gasteiger partial charge in [-0.2, -0.15) is 5.26 Å². The van der Waals surface area contributed by atoms with Crippen molar-refractivity contribution < 1.29 is 13.2 Å². The van der Waals surface area contributed by atoms with E-state index in [1.54, 1.807) is 43.3 Å². The predicted octanol–water partition coefficient (Wildman–Crippen LogP) is 3.80. The topological polar surface area (TPSA) is 96.4 Å². The highest BCUT2D eigenvalue weighted by Crippen LogP contribution is 2.51. The fourth-order valence-corrected chi connectivity index (χ4v) is 6.11. The summed E-state index contributed by atoms with van der Waals surface area (Å²) < 4.78 is 35.0. The van der Waals surface area contributed by atoms with E-state index in [9.17, 15) is 13.7 Å². The minimum atomic E-state index is -3.94. The molecule has 2 aromatic carbocycles. The quantitative estimate of drug-likeness (QED) is 0.739. The summed E-state index contributed by atoms with van der Waals surface area (Å²) in [6.45, 7) is 2.02. The van der Waals surface area contributed by atoms with Crippen molar-refractivity contribution in [2.45, 2.75) is 12.8 Å². The number of ether oxygens (including phenoxy) is 1. The molecule has 0 radical (unpaired) electrons. The molecule has 2 aromatic rings. The summed E-state index contributed by atoms with van der Waals surface area (Å²) in [5.41, 5.74) is 7.93. The minimum Gasteiger partial charge on any atom is -0.439 e. The van der Waals surface area contributed by atoms with Crippen LogP contribution in [0, 0.1) is 11.3 Å². The average molecular weight is 458 g/mol. The number of benzene rings is 2. The van der Waals surface area contributed by atoms with Crippen molar-refractivity contribution in [3.63, 3.8) is 0 Å². The zero-order valence-corrected chi connectivity index (χ0v) is 17.3. The summed E-state index contributed by atoms with van der Waals surface area (Å²) in [4.78, 5) is 0.0331. The standard InChI is InChI=1S/C20H16BrN3O3S/c1-2-24-16-10-6-4-8-13(16)18-19(28(24,25)26)17(14(11-22)20(23)27-18)12-7-3-5-9-15(12)21/h3-10,17H,2,23H2,1H3. The Hall–Kier alpha value is -2.76. The van der Waals surface area contributed by atoms with Crippen LogP contribution >= 0.6 is 15.9 Å². The van der Waals surface area contributed by atoms with E-state index in [0.717, 1.165) is 0 Å². The van der Waals surface area contributed by atoms with Crippen LogP contribution in [0.25, 0.3) is 5.76 Å². The van der Waals surface area contributed by atoms with Crippen molar-refractivity contribution in [2.75, 3.05) is 10.8 Å². The van der Waals surface area contributed by atoms with E-state index in [1.165, 1.54) is 4.31 Å². The number of halogens is 1. The molecule has 142 valence electrons. The fourth-order valence-electron chi connectivity index (χ4n) is 3.67. The first kappa shape index (κ1) is 18.6. The molecule has 2 heterocycles. The van der Waals surface area contributed by atoms with Gasteiger partial charge in [0.25, 0.3) is 10.0 Å². The van der Waals surface area contributed by atoms with Gasteiger partial charge in [0.05, 0.1) is 11.6 Å². The van der Waals surface area contributed by atoms with Gasteiger partial charge in [0.15, 0.2) is 5.76 Å². The summed E-state index contributed by atoms with van der Waals surface area (Å²) in [7, 11) is -3.94. The maximum Gasteiger partial charge on any atom is 0.265 e. The first-order valence-electron chi connectivity index (χ1n) is 8.60. The molecule has 4 rings (SSSR count). The molecule has 0 aromatic heterocycles. The molecule has 0 saturated carbocycles. The molecule has 8 heteroatoms. The smallest absolute Gasteiger partial charge is 0.265 e. The van der Waals surface area contributed by atoms with Gasteiger partial charge in [-0.25, -0.2) is 8.42 Å². The minimum absolute atomic E-state index is 0.0331. The third-order valence-corrected chi connectivity index (χ3v) is 7.60. The number of para-hydroxylation sites is 1. The van der Waals surface area contributed by atoms with Gasteiger partial charge < -0.3 is 10.5 Å². The zero-order chi connectivity index (χ0) is 20.1. The van der Waals surface area contributed by atoms with Gasteiger partial charge in [0, 0.05) is 16.6 Å². The Morgan fingerprint density at radius 3 is 2.57 bits per heavy atom. The number of nitriles is 1. The summed E-state index contributed by atoms with van der Waals surface area (Å²) in [6.07, 6.45) is 0. The van der Waals surface area contributed by atoms with Gasteiger partial charge in [-0.3, -0.25) is 4.31 Å². The Labute approximate surface area is 171 Å². The van der Waals surface area contributed by atoms with E-state index in [1.807, 2.05) is 18.2 Å². The van der Waals surface area contributed by atoms with E-state index < -0.39 is 15.9 Å². The van der Waals surface area contributed by atoms with Crippen LogP contribution in [-0.2, 0) is 14.8 Å². The van der Waals surface area contributed by atoms with E-state index in [4.69, 9.17) is 10.5 Å². The van der Waals surface area contributed by atoms with Crippen LogP contribution < -0.4 is 10.0 Å². The van der Waals surface area contributed by atoms with Gasteiger partial charge in [0.1, 0.15) is 16.5 Å². The lowest BCUT2D eigenvalue weighted by molar-refractivity contribution is 0.357. The Balaban J connectivity index is 2.11. The number of sulfonamides is 1. The van der Waals surface area contributed by atoms with E-state index >= 15 is 0 Å². The van der Waals surface area contributed by atoms with Crippen LogP contribution in [-0.4, -0.2) is 15.0 Å². The van der Waals surface area contributed by atoms with Crippen LogP contribution in [0.1, 0.15) is 24.0 Å². The normalized spacial score (nSPS) is 20.2. The first-order chi connectivity index (χ1) is 13.4. The molecule has 28 heavy (non-hydrogen) atoms. The second-order valence-corrected chi connectivity index (χ2v) is 9.01. The van der Waals surface area contributed by atoms with E-state index in [2.05, 4.69) is 15.9 Å². The van der Waals surface area contributed by atoms with Crippen molar-refractivity contribution in [1.82, 2.24) is 0 Å². The lowest BCUT2D eigenvalue weighted by Crippen LogP contribution is -2.39. The number of hydrogen-bond acceptors (Lipinski definition) is 5. The lowest BCUT2D eigenvalue weighted by Gasteiger charge is -2.37. The van der Waals surface area contributed by atoms with Gasteiger partial charge >= 0.3 is 0 Å². The maximum atomic E-state index is 13.6. The Bertz CT molecular complexity index is 1200. The van der Waals surface area contributed by atoms with Crippen LogP contribution in [0.2, 0.25) is 0 Å². The third kappa shape index (κ3) is 2.54. The van der Waals surface area contributed by atoms with Crippen LogP contribution in [0.15, 0.2) is 69.4 Å². The second kappa shape index (κ2) is 6.69. The SMILES string of the molecule is CCN1c2ccccc2C2=C(C(c3ccccc3Br)C(C#N)=C(N)O2)S1(=O)=O. The molecule has 0 aliphatic carbocycles. The molecule has 2 N–H and O–H groups in total. The number of rotatable bonds is 2. The van der Waals surface area contributed by atoms with Gasteiger partial charge in [-0.05, 0) is 30.7 Å². The highest BCUT2D eigenvalue weighted by atomic mass is 79.9. The monoisotopic (exact) mass is 457 g/mol. The summed E-state index contributed by atoms with van der Waals surface area (Å²) in [5.74, 6) is -0.772. The number of anilines is 1. The fraction of sp³-hybridized carbons (Fsp3) is 0.150. The molecule has 0 bridgehead atoms. The van der Waals surface area contributed by atoms with Crippen molar-refractivity contribution in [3.8, 4) is 6.07 Å². The van der Waals surface area contributed by atoms with Crippen molar-refractivity contribution in [1.29, 1.82) is 5.26 Å². The highest BCUT2D eigenvalue weighted by molar-refractivity contribution is 9.10. The second-order valence-electron chi connectivity index (χ2n) is 6.33. The Morgan fingerprint density at radius 1 is 1.21 bits per heavy atom. The molecule has 1 atom stereocenters. The number of fused-ring (bicyclic) bond motifs is 2. The molecule has 6 nitrogen and oxygen atoms in total. The molecule has 2 aliphatic heterocycles. The van der Waals surface area contributed by atoms with Crippen molar-refractivity contribution in [3.05, 3.63) is 80.5 Å². The largest absolute Gasteiger partial charge is 0.439 e. The van der Waals surface area contributed by atoms with Crippen LogP contribution in [0.3, 0.4) is 0 Å². The maximum absolute atomic E-state index is 13.6. The molecular weight excluding hydrogens is 442 g/mol. The molecule has 1 unspecified atom stereocenters. The van der Waals surface area contributed by atoms with Gasteiger partial charge in [0.2, 0.25) is 5.88 Å². The van der Waals surface area contributed by atoms with Crippen LogP contribution in [0.5, 0.6) is 0 Å². The average Bonchev–Trinajstić information content (AvgIpc) is 2.67. The number of hydrogen-bond donors (Lipinski definition) is 1. The first-order valence-corrected chi connectivity index (χ1v) is 10.8. The zero-order valence-electron chi connectivity index (χ0n) is 14.9. The molecule has 0 spiro atoms. The number of nitrogens with zero attached hydrogens (tertiary/aromatic N) is 2. The summed E-state index contributed by atoms with van der Waals surface area (Å²) in [6, 6.07) is 16.4. The molecule has 0 amide bonds. The summed E-state index contributed by atoms with van der Waals surface area (Å²) >= 11 is 3.48. The highest BCUT2D eigenvalue weighted by Gasteiger charge is 2.47. The lowest BCUT2D eigenvalue weighted by atomic mass is 9.88. The molecule has 0 saturated heterocycles. The third-order valence-electron chi connectivity index (χ3n) is 4.86. The molecular formula is C20H16BrN3O3S. The van der Waals surface area contributed by atoms with Crippen LogP contribution in [0.4, 0.5) is 5.69 Å². The predicted molar refractivity (Wildman–Crippen MR) is 110 cm³/mol. The van der Waals surface area contributed by atoms with E-state index in [-0.39, 0.29) is 28.7 Å². The van der Waals surface area contributed by atoms with Crippen molar-refractivity contribution >= 4 is 37.4 Å². The molecule has 0 fully saturated rings.